The fraction of sp³-hybridized carbons (Fsp3) is 0.312. The minimum atomic E-state index is -3.66. The van der Waals surface area contributed by atoms with E-state index in [1.165, 1.54) is 10.4 Å². The average molecular weight is 421 g/mol. The topological polar surface area (TPSA) is 53.5 Å². The van der Waals surface area contributed by atoms with E-state index in [0.717, 1.165) is 5.56 Å². The second kappa shape index (κ2) is 7.78. The first kappa shape index (κ1) is 18.9. The van der Waals surface area contributed by atoms with Crippen LogP contribution in [0.25, 0.3) is 0 Å². The lowest BCUT2D eigenvalue weighted by Crippen LogP contribution is -2.48. The highest BCUT2D eigenvalue weighted by atomic mass is 35.5. The Kier molecular flexibility index (Phi) is 5.88. The molecule has 0 unspecified atom stereocenters. The Morgan fingerprint density at radius 2 is 1.76 bits per heavy atom. The molecule has 1 aliphatic heterocycles. The molecule has 0 radical (unpaired) electrons. The van der Waals surface area contributed by atoms with Crippen LogP contribution >= 0.6 is 34.8 Å². The van der Waals surface area contributed by atoms with E-state index in [4.69, 9.17) is 34.8 Å². The maximum atomic E-state index is 12.8. The number of piperazine rings is 1. The highest BCUT2D eigenvalue weighted by molar-refractivity contribution is 7.89. The number of pyridine rings is 1. The van der Waals surface area contributed by atoms with Crippen LogP contribution in [0, 0.1) is 0 Å². The fourth-order valence-electron chi connectivity index (χ4n) is 2.75. The molecule has 1 aromatic heterocycles. The number of hydrogen-bond acceptors (Lipinski definition) is 4. The first-order valence-corrected chi connectivity index (χ1v) is 10.2. The van der Waals surface area contributed by atoms with E-state index in [1.54, 1.807) is 18.3 Å². The van der Waals surface area contributed by atoms with Crippen LogP contribution in [-0.2, 0) is 16.6 Å². The predicted molar refractivity (Wildman–Crippen MR) is 99.7 cm³/mol. The zero-order chi connectivity index (χ0) is 18.0. The molecule has 3 rings (SSSR count). The monoisotopic (exact) mass is 419 g/mol. The van der Waals surface area contributed by atoms with Crippen molar-refractivity contribution < 1.29 is 8.42 Å². The van der Waals surface area contributed by atoms with E-state index in [0.29, 0.717) is 37.9 Å². The zero-order valence-electron chi connectivity index (χ0n) is 13.2. The van der Waals surface area contributed by atoms with Crippen molar-refractivity contribution in [3.05, 3.63) is 57.3 Å². The van der Waals surface area contributed by atoms with E-state index in [2.05, 4.69) is 9.88 Å². The maximum absolute atomic E-state index is 12.8. The van der Waals surface area contributed by atoms with Gasteiger partial charge in [0.2, 0.25) is 10.0 Å². The molecule has 1 saturated heterocycles. The minimum absolute atomic E-state index is 0.0519. The standard InChI is InChI=1S/C16H16Cl3N3O2S/c17-13-2-1-3-14(16(13)19)25(23,24)22-8-6-21(7-9-22)11-12-4-5-20-15(18)10-12/h1-5,10H,6-9,11H2. The molecule has 0 bridgehead atoms. The van der Waals surface area contributed by atoms with Crippen LogP contribution in [0.2, 0.25) is 15.2 Å². The number of hydrogen-bond donors (Lipinski definition) is 0. The van der Waals surface area contributed by atoms with Crippen LogP contribution in [0.4, 0.5) is 0 Å². The highest BCUT2D eigenvalue weighted by Gasteiger charge is 2.30. The van der Waals surface area contributed by atoms with Crippen LogP contribution in [0.1, 0.15) is 5.56 Å². The van der Waals surface area contributed by atoms with E-state index in [-0.39, 0.29) is 14.9 Å². The summed E-state index contributed by atoms with van der Waals surface area (Å²) in [4.78, 5) is 6.19. The zero-order valence-corrected chi connectivity index (χ0v) is 16.3. The third-order valence-corrected chi connectivity index (χ3v) is 7.14. The number of rotatable bonds is 4. The molecule has 0 amide bonds. The van der Waals surface area contributed by atoms with Gasteiger partial charge >= 0.3 is 0 Å². The number of halogens is 3. The molecule has 0 N–H and O–H groups in total. The Hall–Kier alpha value is -0.890. The van der Waals surface area contributed by atoms with Crippen LogP contribution in [0.15, 0.2) is 41.4 Å². The predicted octanol–water partition coefficient (Wildman–Crippen LogP) is 3.55. The molecule has 5 nitrogen and oxygen atoms in total. The summed E-state index contributed by atoms with van der Waals surface area (Å²) in [5, 5.41) is 0.753. The lowest BCUT2D eigenvalue weighted by Gasteiger charge is -2.34. The van der Waals surface area contributed by atoms with Crippen LogP contribution in [0.5, 0.6) is 0 Å². The van der Waals surface area contributed by atoms with Gasteiger partial charge in [-0.05, 0) is 29.8 Å². The molecule has 2 aromatic rings. The van der Waals surface area contributed by atoms with Gasteiger partial charge in [0.25, 0.3) is 0 Å². The molecule has 1 aliphatic rings. The normalized spacial score (nSPS) is 16.9. The average Bonchev–Trinajstić information content (AvgIpc) is 2.58. The van der Waals surface area contributed by atoms with Crippen molar-refractivity contribution in [2.24, 2.45) is 0 Å². The van der Waals surface area contributed by atoms with Gasteiger partial charge in [-0.3, -0.25) is 4.90 Å². The van der Waals surface area contributed by atoms with E-state index < -0.39 is 10.0 Å². The summed E-state index contributed by atoms with van der Waals surface area (Å²) < 4.78 is 27.1. The third-order valence-electron chi connectivity index (χ3n) is 4.06. The number of sulfonamides is 1. The molecule has 25 heavy (non-hydrogen) atoms. The number of benzene rings is 1. The van der Waals surface area contributed by atoms with Crippen LogP contribution < -0.4 is 0 Å². The molecule has 0 saturated carbocycles. The summed E-state index contributed by atoms with van der Waals surface area (Å²) in [7, 11) is -3.66. The Bertz CT molecular complexity index is 869. The molecule has 134 valence electrons. The van der Waals surface area contributed by atoms with Gasteiger partial charge in [0.05, 0.1) is 10.0 Å². The summed E-state index contributed by atoms with van der Waals surface area (Å²) >= 11 is 17.9. The lowest BCUT2D eigenvalue weighted by atomic mass is 10.2. The molecule has 0 aliphatic carbocycles. The molecule has 1 fully saturated rings. The third kappa shape index (κ3) is 4.27. The van der Waals surface area contributed by atoms with Crippen molar-refractivity contribution in [2.75, 3.05) is 26.2 Å². The molecular formula is C16H16Cl3N3O2S. The van der Waals surface area contributed by atoms with Crippen molar-refractivity contribution in [1.82, 2.24) is 14.2 Å². The number of aromatic nitrogens is 1. The smallest absolute Gasteiger partial charge is 0.244 e. The van der Waals surface area contributed by atoms with Gasteiger partial charge in [-0.1, -0.05) is 40.9 Å². The summed E-state index contributed by atoms with van der Waals surface area (Å²) in [6.45, 7) is 2.73. The second-order valence-electron chi connectivity index (χ2n) is 5.72. The first-order chi connectivity index (χ1) is 11.9. The molecule has 9 heteroatoms. The second-order valence-corrected chi connectivity index (χ2v) is 8.80. The SMILES string of the molecule is O=S(=O)(c1cccc(Cl)c1Cl)N1CCN(Cc2ccnc(Cl)c2)CC1. The fourth-order valence-corrected chi connectivity index (χ4v) is 5.10. The molecule has 2 heterocycles. The summed E-state index contributed by atoms with van der Waals surface area (Å²) in [6, 6.07) is 8.36. The van der Waals surface area contributed by atoms with Crippen molar-refractivity contribution in [3.63, 3.8) is 0 Å². The van der Waals surface area contributed by atoms with Crippen LogP contribution in [-0.4, -0.2) is 48.8 Å². The maximum Gasteiger partial charge on any atom is 0.244 e. The Balaban J connectivity index is 1.68. The van der Waals surface area contributed by atoms with E-state index in [1.807, 2.05) is 12.1 Å². The summed E-state index contributed by atoms with van der Waals surface area (Å²) in [5.41, 5.74) is 1.05. The van der Waals surface area contributed by atoms with Crippen LogP contribution in [0.3, 0.4) is 0 Å². The van der Waals surface area contributed by atoms with Gasteiger partial charge in [-0.15, -0.1) is 0 Å². The van der Waals surface area contributed by atoms with Crippen molar-refractivity contribution in [3.8, 4) is 0 Å². The molecule has 1 aromatic carbocycles. The Labute approximate surface area is 162 Å². The summed E-state index contributed by atoms with van der Waals surface area (Å²) in [5.74, 6) is 0. The van der Waals surface area contributed by atoms with Gasteiger partial charge < -0.3 is 0 Å². The molecule has 0 atom stereocenters. The van der Waals surface area contributed by atoms with Gasteiger partial charge in [-0.2, -0.15) is 4.31 Å². The summed E-state index contributed by atoms with van der Waals surface area (Å²) in [6.07, 6.45) is 1.67. The molecule has 0 spiro atoms. The van der Waals surface area contributed by atoms with Gasteiger partial charge in [0.1, 0.15) is 10.0 Å². The number of nitrogens with zero attached hydrogens (tertiary/aromatic N) is 3. The van der Waals surface area contributed by atoms with Crippen molar-refractivity contribution >= 4 is 44.8 Å². The van der Waals surface area contributed by atoms with Gasteiger partial charge in [0, 0.05) is 38.9 Å². The lowest BCUT2D eigenvalue weighted by molar-refractivity contribution is 0.181. The van der Waals surface area contributed by atoms with E-state index >= 15 is 0 Å². The first-order valence-electron chi connectivity index (χ1n) is 7.65. The highest BCUT2D eigenvalue weighted by Crippen LogP contribution is 2.31. The van der Waals surface area contributed by atoms with Crippen molar-refractivity contribution in [2.45, 2.75) is 11.4 Å². The minimum Gasteiger partial charge on any atom is -0.296 e. The molecular weight excluding hydrogens is 405 g/mol. The van der Waals surface area contributed by atoms with Gasteiger partial charge in [0.15, 0.2) is 0 Å². The van der Waals surface area contributed by atoms with E-state index in [9.17, 15) is 8.42 Å². The van der Waals surface area contributed by atoms with Crippen molar-refractivity contribution in [1.29, 1.82) is 0 Å². The Morgan fingerprint density at radius 3 is 2.44 bits per heavy atom. The quantitative estimate of drug-likeness (QED) is 0.710. The Morgan fingerprint density at radius 1 is 1.04 bits per heavy atom. The largest absolute Gasteiger partial charge is 0.296 e. The van der Waals surface area contributed by atoms with Gasteiger partial charge in [-0.25, -0.2) is 13.4 Å².